The fourth-order valence-electron chi connectivity index (χ4n) is 2.52. The normalized spacial score (nSPS) is 14.3. The molecule has 0 atom stereocenters. The van der Waals surface area contributed by atoms with E-state index >= 15 is 0 Å². The molecule has 2 amide bonds. The lowest BCUT2D eigenvalue weighted by atomic mass is 10.1. The minimum absolute atomic E-state index is 0.0216. The molecule has 1 aliphatic heterocycles. The van der Waals surface area contributed by atoms with Gasteiger partial charge in [0.2, 0.25) is 5.91 Å². The summed E-state index contributed by atoms with van der Waals surface area (Å²) in [7, 11) is 0. The number of carbonyl (C=O) groups excluding carboxylic acids is 2. The van der Waals surface area contributed by atoms with Gasteiger partial charge in [-0.05, 0) is 11.6 Å². The van der Waals surface area contributed by atoms with Crippen LogP contribution in [0.5, 0.6) is 5.19 Å². The van der Waals surface area contributed by atoms with Gasteiger partial charge in [0, 0.05) is 36.8 Å². The number of amides is 2. The molecule has 2 N–H and O–H groups in total. The smallest absolute Gasteiger partial charge is 0.381 e. The second-order valence-corrected chi connectivity index (χ2v) is 6.52. The van der Waals surface area contributed by atoms with Crippen LogP contribution in [-0.4, -0.2) is 53.2 Å². The maximum atomic E-state index is 12.5. The highest BCUT2D eigenvalue weighted by molar-refractivity contribution is 7.13. The van der Waals surface area contributed by atoms with Gasteiger partial charge in [0.1, 0.15) is 0 Å². The van der Waals surface area contributed by atoms with E-state index in [1.807, 2.05) is 12.1 Å². The van der Waals surface area contributed by atoms with Crippen molar-refractivity contribution in [2.24, 2.45) is 5.73 Å². The maximum absolute atomic E-state index is 12.5. The van der Waals surface area contributed by atoms with Crippen LogP contribution < -0.4 is 10.5 Å². The number of nitrogens with zero attached hydrogens (tertiary/aromatic N) is 3. The standard InChI is InChI=1S/C16H18N4O4S/c17-15(22)24-16-19-12(9-14(21)20-4-6-23-7-5-20)13(25-16)8-11-2-1-3-18-10-11/h1-3,10H,4-9H2,(H2,17,22). The number of aromatic nitrogens is 2. The van der Waals surface area contributed by atoms with Gasteiger partial charge in [-0.2, -0.15) is 0 Å². The van der Waals surface area contributed by atoms with Crippen molar-refractivity contribution in [3.05, 3.63) is 40.7 Å². The number of carbonyl (C=O) groups is 2. The van der Waals surface area contributed by atoms with Crippen molar-refractivity contribution in [3.8, 4) is 5.19 Å². The maximum Gasteiger partial charge on any atom is 0.411 e. The molecule has 2 aromatic rings. The van der Waals surface area contributed by atoms with Gasteiger partial charge in [0.15, 0.2) is 0 Å². The second kappa shape index (κ2) is 8.04. The molecule has 25 heavy (non-hydrogen) atoms. The molecule has 132 valence electrons. The first-order valence-corrected chi connectivity index (χ1v) is 8.64. The highest BCUT2D eigenvalue weighted by atomic mass is 32.1. The van der Waals surface area contributed by atoms with E-state index in [4.69, 9.17) is 15.2 Å². The summed E-state index contributed by atoms with van der Waals surface area (Å²) >= 11 is 1.21. The molecule has 0 saturated carbocycles. The first-order chi connectivity index (χ1) is 12.1. The lowest BCUT2D eigenvalue weighted by Crippen LogP contribution is -2.41. The molecule has 3 rings (SSSR count). The number of hydrogen-bond donors (Lipinski definition) is 1. The van der Waals surface area contributed by atoms with Crippen LogP contribution in [0.2, 0.25) is 0 Å². The number of primary amides is 1. The Balaban J connectivity index is 1.78. The number of ether oxygens (including phenoxy) is 2. The van der Waals surface area contributed by atoms with Crippen LogP contribution in [0.25, 0.3) is 0 Å². The van der Waals surface area contributed by atoms with Crippen LogP contribution in [0, 0.1) is 0 Å². The Morgan fingerprint density at radius 3 is 2.84 bits per heavy atom. The third-order valence-corrected chi connectivity index (χ3v) is 4.69. The largest absolute Gasteiger partial charge is 0.411 e. The Morgan fingerprint density at radius 2 is 2.16 bits per heavy atom. The highest BCUT2D eigenvalue weighted by Crippen LogP contribution is 2.28. The lowest BCUT2D eigenvalue weighted by Gasteiger charge is -2.26. The predicted molar refractivity (Wildman–Crippen MR) is 90.5 cm³/mol. The molecule has 0 aliphatic carbocycles. The number of nitrogens with two attached hydrogens (primary N) is 1. The Bertz CT molecular complexity index is 744. The molecular weight excluding hydrogens is 344 g/mol. The summed E-state index contributed by atoms with van der Waals surface area (Å²) in [6, 6.07) is 3.78. The van der Waals surface area contributed by atoms with Gasteiger partial charge in [-0.3, -0.25) is 9.78 Å². The molecule has 1 aliphatic rings. The number of rotatable bonds is 5. The molecule has 3 heterocycles. The summed E-state index contributed by atoms with van der Waals surface area (Å²) in [6.07, 6.45) is 3.23. The number of hydrogen-bond acceptors (Lipinski definition) is 7. The lowest BCUT2D eigenvalue weighted by molar-refractivity contribution is -0.134. The van der Waals surface area contributed by atoms with Crippen LogP contribution in [0.15, 0.2) is 24.5 Å². The van der Waals surface area contributed by atoms with Crippen molar-refractivity contribution in [1.82, 2.24) is 14.9 Å². The van der Waals surface area contributed by atoms with Crippen LogP contribution in [0.4, 0.5) is 4.79 Å². The van der Waals surface area contributed by atoms with E-state index in [9.17, 15) is 9.59 Å². The van der Waals surface area contributed by atoms with E-state index in [1.165, 1.54) is 11.3 Å². The van der Waals surface area contributed by atoms with E-state index in [-0.39, 0.29) is 17.5 Å². The first-order valence-electron chi connectivity index (χ1n) is 7.82. The van der Waals surface area contributed by atoms with Gasteiger partial charge in [-0.25, -0.2) is 9.78 Å². The van der Waals surface area contributed by atoms with Crippen LogP contribution in [0.3, 0.4) is 0 Å². The Hall–Kier alpha value is -2.52. The van der Waals surface area contributed by atoms with E-state index in [1.54, 1.807) is 17.3 Å². The molecule has 0 unspecified atom stereocenters. The molecule has 0 spiro atoms. The average molecular weight is 362 g/mol. The summed E-state index contributed by atoms with van der Waals surface area (Å²) in [5, 5.41) is 0.149. The van der Waals surface area contributed by atoms with Crippen LogP contribution >= 0.6 is 11.3 Å². The first kappa shape index (κ1) is 17.3. The highest BCUT2D eigenvalue weighted by Gasteiger charge is 2.22. The molecule has 0 aromatic carbocycles. The second-order valence-electron chi connectivity index (χ2n) is 5.48. The fourth-order valence-corrected chi connectivity index (χ4v) is 3.49. The van der Waals surface area contributed by atoms with Crippen LogP contribution in [0.1, 0.15) is 16.1 Å². The molecular formula is C16H18N4O4S. The number of pyridine rings is 1. The van der Waals surface area contributed by atoms with E-state index < -0.39 is 6.09 Å². The third-order valence-electron chi connectivity index (χ3n) is 3.72. The SMILES string of the molecule is NC(=O)Oc1nc(CC(=O)N2CCOCC2)c(Cc2cccnc2)s1. The Labute approximate surface area is 148 Å². The summed E-state index contributed by atoms with van der Waals surface area (Å²) in [6.45, 7) is 2.24. The van der Waals surface area contributed by atoms with Crippen molar-refractivity contribution >= 4 is 23.3 Å². The quantitative estimate of drug-likeness (QED) is 0.850. The van der Waals surface area contributed by atoms with Gasteiger partial charge in [0.25, 0.3) is 5.19 Å². The summed E-state index contributed by atoms with van der Waals surface area (Å²) in [5.41, 5.74) is 6.64. The zero-order chi connectivity index (χ0) is 17.6. The van der Waals surface area contributed by atoms with Crippen molar-refractivity contribution in [1.29, 1.82) is 0 Å². The molecule has 0 bridgehead atoms. The number of morpholine rings is 1. The van der Waals surface area contributed by atoms with Crippen molar-refractivity contribution in [2.75, 3.05) is 26.3 Å². The molecule has 2 aromatic heterocycles. The predicted octanol–water partition coefficient (Wildman–Crippen LogP) is 0.988. The van der Waals surface area contributed by atoms with E-state index in [0.717, 1.165) is 10.4 Å². The van der Waals surface area contributed by atoms with Crippen molar-refractivity contribution < 1.29 is 19.1 Å². The molecule has 1 fully saturated rings. The topological polar surface area (TPSA) is 108 Å². The molecule has 8 nitrogen and oxygen atoms in total. The summed E-state index contributed by atoms with van der Waals surface area (Å²) < 4.78 is 10.2. The Kier molecular flexibility index (Phi) is 5.56. The monoisotopic (exact) mass is 362 g/mol. The zero-order valence-corrected chi connectivity index (χ0v) is 14.3. The van der Waals surface area contributed by atoms with Crippen molar-refractivity contribution in [3.63, 3.8) is 0 Å². The molecule has 1 saturated heterocycles. The summed E-state index contributed by atoms with van der Waals surface area (Å²) in [4.78, 5) is 34.5. The zero-order valence-electron chi connectivity index (χ0n) is 13.5. The molecule has 0 radical (unpaired) electrons. The van der Waals surface area contributed by atoms with Crippen LogP contribution in [-0.2, 0) is 22.4 Å². The average Bonchev–Trinajstić information content (AvgIpc) is 2.96. The van der Waals surface area contributed by atoms with E-state index in [2.05, 4.69) is 9.97 Å². The van der Waals surface area contributed by atoms with Gasteiger partial charge < -0.3 is 20.1 Å². The van der Waals surface area contributed by atoms with E-state index in [0.29, 0.717) is 38.4 Å². The van der Waals surface area contributed by atoms with Gasteiger partial charge in [0.05, 0.1) is 25.3 Å². The minimum atomic E-state index is -0.923. The van der Waals surface area contributed by atoms with Gasteiger partial charge >= 0.3 is 6.09 Å². The summed E-state index contributed by atoms with van der Waals surface area (Å²) in [5.74, 6) is -0.0216. The molecule has 9 heteroatoms. The minimum Gasteiger partial charge on any atom is -0.381 e. The number of thiazole rings is 1. The van der Waals surface area contributed by atoms with Gasteiger partial charge in [-0.15, -0.1) is 0 Å². The van der Waals surface area contributed by atoms with Gasteiger partial charge in [-0.1, -0.05) is 17.4 Å². The third kappa shape index (κ3) is 4.74. The Morgan fingerprint density at radius 1 is 1.36 bits per heavy atom. The van der Waals surface area contributed by atoms with Crippen molar-refractivity contribution in [2.45, 2.75) is 12.8 Å². The fraction of sp³-hybridized carbons (Fsp3) is 0.375.